The first kappa shape index (κ1) is 15.0. The van der Waals surface area contributed by atoms with Crippen molar-refractivity contribution in [1.29, 1.82) is 0 Å². The first-order valence-corrected chi connectivity index (χ1v) is 6.81. The van der Waals surface area contributed by atoms with Crippen LogP contribution < -0.4 is 4.74 Å². The number of benzene rings is 1. The van der Waals surface area contributed by atoms with Gasteiger partial charge >= 0.3 is 0 Å². The highest BCUT2D eigenvalue weighted by atomic mass is 35.5. The van der Waals surface area contributed by atoms with Crippen LogP contribution in [0.1, 0.15) is 6.42 Å². The van der Waals surface area contributed by atoms with Gasteiger partial charge < -0.3 is 14.2 Å². The SMILES string of the molecule is COCCOCCCOc1nc(Cl)nc2ccccc12. The fourth-order valence-electron chi connectivity index (χ4n) is 1.70. The van der Waals surface area contributed by atoms with Crippen LogP contribution in [-0.2, 0) is 9.47 Å². The topological polar surface area (TPSA) is 53.5 Å². The minimum absolute atomic E-state index is 0.190. The highest BCUT2D eigenvalue weighted by Crippen LogP contribution is 2.23. The zero-order chi connectivity index (χ0) is 14.2. The summed E-state index contributed by atoms with van der Waals surface area (Å²) in [5.74, 6) is 0.512. The monoisotopic (exact) mass is 296 g/mol. The zero-order valence-corrected chi connectivity index (χ0v) is 12.1. The molecule has 0 spiro atoms. The zero-order valence-electron chi connectivity index (χ0n) is 11.3. The van der Waals surface area contributed by atoms with Gasteiger partial charge in [0.15, 0.2) is 0 Å². The summed E-state index contributed by atoms with van der Waals surface area (Å²) in [5.41, 5.74) is 0.777. The molecule has 108 valence electrons. The Morgan fingerprint density at radius 2 is 1.90 bits per heavy atom. The summed E-state index contributed by atoms with van der Waals surface area (Å²) in [5, 5.41) is 1.05. The van der Waals surface area contributed by atoms with Gasteiger partial charge in [-0.15, -0.1) is 0 Å². The summed E-state index contributed by atoms with van der Waals surface area (Å²) < 4.78 is 15.9. The number of rotatable bonds is 8. The Morgan fingerprint density at radius 3 is 2.75 bits per heavy atom. The molecule has 1 aromatic heterocycles. The molecule has 0 atom stereocenters. The molecular formula is C14H17ClN2O3. The Hall–Kier alpha value is -1.43. The number of halogens is 1. The number of hydrogen-bond acceptors (Lipinski definition) is 5. The van der Waals surface area contributed by atoms with Gasteiger partial charge in [0.05, 0.1) is 30.7 Å². The number of para-hydroxylation sites is 1. The fraction of sp³-hybridized carbons (Fsp3) is 0.429. The molecule has 6 heteroatoms. The van der Waals surface area contributed by atoms with Gasteiger partial charge in [0, 0.05) is 20.1 Å². The van der Waals surface area contributed by atoms with Gasteiger partial charge in [-0.3, -0.25) is 0 Å². The highest BCUT2D eigenvalue weighted by molar-refractivity contribution is 6.28. The van der Waals surface area contributed by atoms with Gasteiger partial charge in [0.1, 0.15) is 0 Å². The molecule has 0 saturated carbocycles. The molecule has 0 saturated heterocycles. The van der Waals surface area contributed by atoms with Crippen molar-refractivity contribution in [3.63, 3.8) is 0 Å². The largest absolute Gasteiger partial charge is 0.477 e. The first-order chi connectivity index (χ1) is 9.81. The summed E-state index contributed by atoms with van der Waals surface area (Å²) in [4.78, 5) is 8.27. The van der Waals surface area contributed by atoms with Crippen LogP contribution in [0.4, 0.5) is 0 Å². The lowest BCUT2D eigenvalue weighted by Gasteiger charge is -2.08. The summed E-state index contributed by atoms with van der Waals surface area (Å²) in [7, 11) is 1.65. The van der Waals surface area contributed by atoms with Gasteiger partial charge in [-0.1, -0.05) is 12.1 Å². The maximum absolute atomic E-state index is 5.88. The molecule has 5 nitrogen and oxygen atoms in total. The van der Waals surface area contributed by atoms with E-state index in [9.17, 15) is 0 Å². The summed E-state index contributed by atoms with van der Waals surface area (Å²) in [6.07, 6.45) is 0.777. The van der Waals surface area contributed by atoms with Gasteiger partial charge in [-0.05, 0) is 23.7 Å². The fourth-order valence-corrected chi connectivity index (χ4v) is 1.87. The van der Waals surface area contributed by atoms with E-state index in [1.807, 2.05) is 24.3 Å². The smallest absolute Gasteiger partial charge is 0.226 e. The van der Waals surface area contributed by atoms with Crippen molar-refractivity contribution in [3.05, 3.63) is 29.5 Å². The molecule has 20 heavy (non-hydrogen) atoms. The molecule has 2 rings (SSSR count). The normalized spacial score (nSPS) is 10.9. The maximum Gasteiger partial charge on any atom is 0.226 e. The number of hydrogen-bond donors (Lipinski definition) is 0. The van der Waals surface area contributed by atoms with Crippen LogP contribution in [0.25, 0.3) is 10.9 Å². The van der Waals surface area contributed by atoms with Crippen LogP contribution in [0.3, 0.4) is 0 Å². The predicted octanol–water partition coefficient (Wildman–Crippen LogP) is 2.72. The second-order valence-corrected chi connectivity index (χ2v) is 4.46. The van der Waals surface area contributed by atoms with Gasteiger partial charge in [-0.25, -0.2) is 4.98 Å². The molecule has 0 aliphatic heterocycles. The minimum atomic E-state index is 0.190. The van der Waals surface area contributed by atoms with Gasteiger partial charge in [0.25, 0.3) is 0 Å². The number of aromatic nitrogens is 2. The Bertz CT molecular complexity index is 551. The van der Waals surface area contributed by atoms with E-state index in [4.69, 9.17) is 25.8 Å². The lowest BCUT2D eigenvalue weighted by atomic mass is 10.2. The second kappa shape index (κ2) is 7.99. The third-order valence-electron chi connectivity index (χ3n) is 2.64. The molecule has 0 radical (unpaired) electrons. The van der Waals surface area contributed by atoms with E-state index < -0.39 is 0 Å². The van der Waals surface area contributed by atoms with Gasteiger partial charge in [-0.2, -0.15) is 4.98 Å². The Morgan fingerprint density at radius 1 is 1.05 bits per heavy atom. The van der Waals surface area contributed by atoms with Crippen LogP contribution in [0.5, 0.6) is 5.88 Å². The summed E-state index contributed by atoms with van der Waals surface area (Å²) in [6, 6.07) is 7.61. The Labute approximate surface area is 122 Å². The van der Waals surface area contributed by atoms with E-state index in [0.29, 0.717) is 32.3 Å². The van der Waals surface area contributed by atoms with E-state index >= 15 is 0 Å². The Balaban J connectivity index is 1.86. The quantitative estimate of drug-likeness (QED) is 0.554. The van der Waals surface area contributed by atoms with Crippen LogP contribution >= 0.6 is 11.6 Å². The molecule has 0 aliphatic rings. The standard InChI is InChI=1S/C14H17ClN2O3/c1-18-9-10-19-7-4-8-20-13-11-5-2-3-6-12(11)16-14(15)17-13/h2-3,5-6H,4,7-10H2,1H3. The lowest BCUT2D eigenvalue weighted by Crippen LogP contribution is -2.07. The number of fused-ring (bicyclic) bond motifs is 1. The molecular weight excluding hydrogens is 280 g/mol. The number of ether oxygens (including phenoxy) is 3. The van der Waals surface area contributed by atoms with Crippen molar-refractivity contribution in [2.75, 3.05) is 33.5 Å². The molecule has 0 N–H and O–H groups in total. The summed E-state index contributed by atoms with van der Waals surface area (Å²) in [6.45, 7) is 2.34. The van der Waals surface area contributed by atoms with Crippen molar-refractivity contribution < 1.29 is 14.2 Å². The average molecular weight is 297 g/mol. The molecule has 0 amide bonds. The number of methoxy groups -OCH3 is 1. The Kier molecular flexibility index (Phi) is 5.98. The molecule has 0 unspecified atom stereocenters. The number of nitrogens with zero attached hydrogens (tertiary/aromatic N) is 2. The van der Waals surface area contributed by atoms with Crippen molar-refractivity contribution in [2.45, 2.75) is 6.42 Å². The lowest BCUT2D eigenvalue weighted by molar-refractivity contribution is 0.0643. The van der Waals surface area contributed by atoms with Crippen LogP contribution in [0.2, 0.25) is 5.28 Å². The van der Waals surface area contributed by atoms with E-state index in [-0.39, 0.29) is 5.28 Å². The second-order valence-electron chi connectivity index (χ2n) is 4.12. The van der Waals surface area contributed by atoms with Gasteiger partial charge in [0.2, 0.25) is 11.2 Å². The first-order valence-electron chi connectivity index (χ1n) is 6.43. The van der Waals surface area contributed by atoms with Crippen molar-refractivity contribution >= 4 is 22.5 Å². The molecule has 0 aliphatic carbocycles. The molecule has 0 fully saturated rings. The summed E-state index contributed by atoms with van der Waals surface area (Å²) >= 11 is 5.88. The van der Waals surface area contributed by atoms with Crippen LogP contribution in [-0.4, -0.2) is 43.5 Å². The van der Waals surface area contributed by atoms with E-state index in [2.05, 4.69) is 9.97 Å². The maximum atomic E-state index is 5.88. The molecule has 2 aromatic rings. The van der Waals surface area contributed by atoms with Crippen LogP contribution in [0, 0.1) is 0 Å². The third kappa shape index (κ3) is 4.30. The van der Waals surface area contributed by atoms with Crippen molar-refractivity contribution in [3.8, 4) is 5.88 Å². The predicted molar refractivity (Wildman–Crippen MR) is 77.4 cm³/mol. The highest BCUT2D eigenvalue weighted by Gasteiger charge is 2.06. The average Bonchev–Trinajstić information content (AvgIpc) is 2.46. The van der Waals surface area contributed by atoms with Crippen molar-refractivity contribution in [1.82, 2.24) is 9.97 Å². The third-order valence-corrected chi connectivity index (χ3v) is 2.81. The van der Waals surface area contributed by atoms with E-state index in [1.54, 1.807) is 7.11 Å². The molecule has 1 aromatic carbocycles. The van der Waals surface area contributed by atoms with E-state index in [1.165, 1.54) is 0 Å². The molecule has 1 heterocycles. The minimum Gasteiger partial charge on any atom is -0.477 e. The van der Waals surface area contributed by atoms with Crippen LogP contribution in [0.15, 0.2) is 24.3 Å². The van der Waals surface area contributed by atoms with E-state index in [0.717, 1.165) is 17.3 Å². The molecule has 0 bridgehead atoms. The van der Waals surface area contributed by atoms with Crippen molar-refractivity contribution in [2.24, 2.45) is 0 Å².